The van der Waals surface area contributed by atoms with Gasteiger partial charge in [0.05, 0.1) is 5.92 Å². The van der Waals surface area contributed by atoms with Crippen molar-refractivity contribution in [2.45, 2.75) is 24.7 Å². The van der Waals surface area contributed by atoms with Gasteiger partial charge in [-0.3, -0.25) is 4.79 Å². The van der Waals surface area contributed by atoms with E-state index in [2.05, 4.69) is 15.5 Å². The molecule has 0 saturated carbocycles. The summed E-state index contributed by atoms with van der Waals surface area (Å²) in [7, 11) is -3.86. The Morgan fingerprint density at radius 2 is 2.20 bits per heavy atom. The number of carbonyl (C=O) groups is 1. The molecule has 11 heteroatoms. The lowest BCUT2D eigenvalue weighted by Crippen LogP contribution is -2.43. The lowest BCUT2D eigenvalue weighted by atomic mass is 9.99. The van der Waals surface area contributed by atoms with Crippen LogP contribution in [0.1, 0.15) is 29.2 Å². The number of amides is 1. The average Bonchev–Trinajstić information content (AvgIpc) is 3.49. The summed E-state index contributed by atoms with van der Waals surface area (Å²) in [5.74, 6) is -0.470. The maximum absolute atomic E-state index is 13.4. The molecule has 4 rings (SSSR count). The molecule has 0 unspecified atom stereocenters. The van der Waals surface area contributed by atoms with Crippen molar-refractivity contribution >= 4 is 55.9 Å². The number of aryl methyl sites for hydroxylation is 1. The summed E-state index contributed by atoms with van der Waals surface area (Å²) in [5, 5.41) is 10.8. The zero-order valence-corrected chi connectivity index (χ0v) is 18.6. The molecule has 1 aliphatic rings. The molecule has 158 valence electrons. The fourth-order valence-electron chi connectivity index (χ4n) is 3.34. The molecule has 0 aliphatic carbocycles. The molecule has 0 radical (unpaired) electrons. The minimum absolute atomic E-state index is 0.0521. The molecule has 0 aromatic carbocycles. The number of piperidine rings is 1. The molecule has 8 nitrogen and oxygen atoms in total. The van der Waals surface area contributed by atoms with E-state index in [1.54, 1.807) is 30.7 Å². The van der Waals surface area contributed by atoms with Crippen LogP contribution in [-0.2, 0) is 14.8 Å². The standard InChI is InChI=1S/C19H20N4O4S3/c1-13-17(16(27-22-13)7-6-15-5-3-10-28-15)30(25,26)23-9-2-4-14(12-23)18(24)21-19-20-8-11-29-19/h3,5-8,10-11,14H,2,4,9,12H2,1H3,(H,20,21,24)/b7-6+/t14-/m1/s1. The number of hydrogen-bond donors (Lipinski definition) is 1. The molecule has 0 spiro atoms. The van der Waals surface area contributed by atoms with Crippen molar-refractivity contribution in [1.82, 2.24) is 14.4 Å². The number of rotatable bonds is 6. The minimum Gasteiger partial charge on any atom is -0.355 e. The topological polar surface area (TPSA) is 105 Å². The predicted octanol–water partition coefficient (Wildman–Crippen LogP) is 3.71. The third-order valence-electron chi connectivity index (χ3n) is 4.79. The highest BCUT2D eigenvalue weighted by Crippen LogP contribution is 2.30. The molecule has 1 amide bonds. The van der Waals surface area contributed by atoms with E-state index in [1.165, 1.54) is 27.0 Å². The molecule has 1 N–H and O–H groups in total. The first-order chi connectivity index (χ1) is 14.4. The Morgan fingerprint density at radius 3 is 2.93 bits per heavy atom. The van der Waals surface area contributed by atoms with Crippen LogP contribution in [0, 0.1) is 12.8 Å². The summed E-state index contributed by atoms with van der Waals surface area (Å²) in [5.41, 5.74) is 0.301. The first kappa shape index (κ1) is 20.9. The molecule has 30 heavy (non-hydrogen) atoms. The quantitative estimate of drug-likeness (QED) is 0.596. The number of sulfonamides is 1. The zero-order chi connectivity index (χ0) is 21.1. The lowest BCUT2D eigenvalue weighted by Gasteiger charge is -2.30. The van der Waals surface area contributed by atoms with Crippen molar-refractivity contribution in [3.05, 3.63) is 45.4 Å². The van der Waals surface area contributed by atoms with Gasteiger partial charge in [0.15, 0.2) is 15.8 Å². The Balaban J connectivity index is 1.54. The van der Waals surface area contributed by atoms with Gasteiger partial charge in [-0.2, -0.15) is 4.31 Å². The van der Waals surface area contributed by atoms with Crippen LogP contribution in [0.25, 0.3) is 12.2 Å². The normalized spacial score (nSPS) is 18.1. The van der Waals surface area contributed by atoms with Gasteiger partial charge in [-0.25, -0.2) is 13.4 Å². The minimum atomic E-state index is -3.86. The molecule has 1 aliphatic heterocycles. The molecule has 1 fully saturated rings. The third kappa shape index (κ3) is 4.38. The monoisotopic (exact) mass is 464 g/mol. The van der Waals surface area contributed by atoms with Crippen molar-refractivity contribution in [2.24, 2.45) is 5.92 Å². The molecule has 4 heterocycles. The van der Waals surface area contributed by atoms with Crippen LogP contribution in [0.2, 0.25) is 0 Å². The van der Waals surface area contributed by atoms with Gasteiger partial charge in [-0.15, -0.1) is 22.7 Å². The Hall–Kier alpha value is -2.34. The highest BCUT2D eigenvalue weighted by molar-refractivity contribution is 7.89. The second-order valence-electron chi connectivity index (χ2n) is 6.84. The Bertz CT molecular complexity index is 1130. The van der Waals surface area contributed by atoms with Crippen LogP contribution >= 0.6 is 22.7 Å². The molecule has 3 aromatic rings. The number of hydrogen-bond acceptors (Lipinski definition) is 8. The second-order valence-corrected chi connectivity index (χ2v) is 10.6. The number of carbonyl (C=O) groups excluding carboxylic acids is 1. The van der Waals surface area contributed by atoms with Crippen molar-refractivity contribution in [1.29, 1.82) is 0 Å². The summed E-state index contributed by atoms with van der Waals surface area (Å²) in [4.78, 5) is 17.7. The van der Waals surface area contributed by atoms with Crippen molar-refractivity contribution in [2.75, 3.05) is 18.4 Å². The number of thiazole rings is 1. The maximum Gasteiger partial charge on any atom is 0.248 e. The van der Waals surface area contributed by atoms with Gasteiger partial charge in [0.2, 0.25) is 15.9 Å². The van der Waals surface area contributed by atoms with E-state index in [4.69, 9.17) is 4.52 Å². The van der Waals surface area contributed by atoms with E-state index >= 15 is 0 Å². The Labute approximate surface area is 182 Å². The number of nitrogens with one attached hydrogen (secondary N) is 1. The summed E-state index contributed by atoms with van der Waals surface area (Å²) >= 11 is 2.86. The lowest BCUT2D eigenvalue weighted by molar-refractivity contribution is -0.120. The Morgan fingerprint density at radius 1 is 1.33 bits per heavy atom. The van der Waals surface area contributed by atoms with Gasteiger partial charge in [-0.1, -0.05) is 11.2 Å². The summed E-state index contributed by atoms with van der Waals surface area (Å²) < 4.78 is 33.4. The zero-order valence-electron chi connectivity index (χ0n) is 16.1. The molecule has 0 bridgehead atoms. The molecular weight excluding hydrogens is 444 g/mol. The van der Waals surface area contributed by atoms with Crippen molar-refractivity contribution in [3.8, 4) is 0 Å². The van der Waals surface area contributed by atoms with Crippen LogP contribution in [0.4, 0.5) is 5.13 Å². The van der Waals surface area contributed by atoms with Crippen LogP contribution in [0.3, 0.4) is 0 Å². The van der Waals surface area contributed by atoms with E-state index in [-0.39, 0.29) is 23.1 Å². The van der Waals surface area contributed by atoms with E-state index in [0.29, 0.717) is 30.2 Å². The molecule has 1 atom stereocenters. The fraction of sp³-hybridized carbons (Fsp3) is 0.316. The SMILES string of the molecule is Cc1noc(/C=C/c2cccs2)c1S(=O)(=O)N1CCC[C@@H](C(=O)Nc2nccs2)C1. The van der Waals surface area contributed by atoms with Crippen molar-refractivity contribution in [3.63, 3.8) is 0 Å². The van der Waals surface area contributed by atoms with Crippen LogP contribution in [-0.4, -0.2) is 41.9 Å². The van der Waals surface area contributed by atoms with Crippen LogP contribution in [0.15, 0.2) is 38.5 Å². The van der Waals surface area contributed by atoms with Gasteiger partial charge in [-0.05, 0) is 43.4 Å². The Kier molecular flexibility index (Phi) is 6.14. The fourth-order valence-corrected chi connectivity index (χ4v) is 6.26. The highest BCUT2D eigenvalue weighted by Gasteiger charge is 2.37. The van der Waals surface area contributed by atoms with Gasteiger partial charge < -0.3 is 9.84 Å². The summed E-state index contributed by atoms with van der Waals surface area (Å²) in [6.45, 7) is 2.07. The maximum atomic E-state index is 13.4. The largest absolute Gasteiger partial charge is 0.355 e. The first-order valence-corrected chi connectivity index (χ1v) is 12.5. The van der Waals surface area contributed by atoms with Gasteiger partial charge in [0, 0.05) is 29.5 Å². The molecule has 1 saturated heterocycles. The number of anilines is 1. The first-order valence-electron chi connectivity index (χ1n) is 9.33. The highest BCUT2D eigenvalue weighted by atomic mass is 32.2. The molecular formula is C19H20N4O4S3. The van der Waals surface area contributed by atoms with Crippen molar-refractivity contribution < 1.29 is 17.7 Å². The number of aromatic nitrogens is 2. The third-order valence-corrected chi connectivity index (χ3v) is 8.34. The van der Waals surface area contributed by atoms with Gasteiger partial charge >= 0.3 is 0 Å². The smallest absolute Gasteiger partial charge is 0.248 e. The van der Waals surface area contributed by atoms with Crippen LogP contribution < -0.4 is 5.32 Å². The summed E-state index contributed by atoms with van der Waals surface area (Å²) in [6, 6.07) is 3.84. The van der Waals surface area contributed by atoms with E-state index in [0.717, 1.165) is 4.88 Å². The molecule has 3 aromatic heterocycles. The van der Waals surface area contributed by atoms with E-state index < -0.39 is 15.9 Å². The van der Waals surface area contributed by atoms with E-state index in [1.807, 2.05) is 17.5 Å². The average molecular weight is 465 g/mol. The number of thiophene rings is 1. The van der Waals surface area contributed by atoms with E-state index in [9.17, 15) is 13.2 Å². The second kappa shape index (κ2) is 8.80. The predicted molar refractivity (Wildman–Crippen MR) is 117 cm³/mol. The number of nitrogens with zero attached hydrogens (tertiary/aromatic N) is 3. The van der Waals surface area contributed by atoms with Crippen LogP contribution in [0.5, 0.6) is 0 Å². The van der Waals surface area contributed by atoms with Gasteiger partial charge in [0.25, 0.3) is 0 Å². The summed E-state index contributed by atoms with van der Waals surface area (Å²) in [6.07, 6.45) is 6.24. The van der Waals surface area contributed by atoms with Gasteiger partial charge in [0.1, 0.15) is 5.69 Å².